The van der Waals surface area contributed by atoms with E-state index in [1.54, 1.807) is 6.92 Å². The highest BCUT2D eigenvalue weighted by Gasteiger charge is 2.21. The van der Waals surface area contributed by atoms with Gasteiger partial charge >= 0.3 is 6.03 Å². The van der Waals surface area contributed by atoms with Crippen molar-refractivity contribution in [2.24, 2.45) is 0 Å². The lowest BCUT2D eigenvalue weighted by Gasteiger charge is -2.22. The first-order valence-electron chi connectivity index (χ1n) is 7.50. The van der Waals surface area contributed by atoms with E-state index in [9.17, 15) is 18.3 Å². The summed E-state index contributed by atoms with van der Waals surface area (Å²) in [5.41, 5.74) is 0.616. The molecule has 1 aliphatic carbocycles. The van der Waals surface area contributed by atoms with Crippen LogP contribution in [0.5, 0.6) is 0 Å². The lowest BCUT2D eigenvalue weighted by Crippen LogP contribution is -2.45. The van der Waals surface area contributed by atoms with Crippen molar-refractivity contribution in [2.45, 2.75) is 56.1 Å². The minimum Gasteiger partial charge on any atom is -0.389 e. The maximum absolute atomic E-state index is 12.1. The van der Waals surface area contributed by atoms with Gasteiger partial charge in [-0.15, -0.1) is 0 Å². The molecular formula is C15H22N2O4S. The molecule has 1 aliphatic rings. The van der Waals surface area contributed by atoms with Crippen LogP contribution in [0.2, 0.25) is 0 Å². The molecule has 1 saturated carbocycles. The highest BCUT2D eigenvalue weighted by Crippen LogP contribution is 2.18. The highest BCUT2D eigenvalue weighted by molar-refractivity contribution is 7.90. The van der Waals surface area contributed by atoms with Crippen molar-refractivity contribution in [1.29, 1.82) is 0 Å². The van der Waals surface area contributed by atoms with Crippen LogP contribution in [0.4, 0.5) is 4.79 Å². The van der Waals surface area contributed by atoms with Gasteiger partial charge in [0.1, 0.15) is 0 Å². The Balaban J connectivity index is 1.98. The fourth-order valence-electron chi connectivity index (χ4n) is 2.57. The summed E-state index contributed by atoms with van der Waals surface area (Å²) in [7, 11) is -3.90. The van der Waals surface area contributed by atoms with E-state index in [2.05, 4.69) is 5.32 Å². The maximum atomic E-state index is 12.1. The van der Waals surface area contributed by atoms with Crippen LogP contribution < -0.4 is 10.0 Å². The maximum Gasteiger partial charge on any atom is 0.328 e. The monoisotopic (exact) mass is 326 g/mol. The number of benzene rings is 1. The molecule has 0 saturated heterocycles. The number of hydrogen-bond donors (Lipinski definition) is 3. The van der Waals surface area contributed by atoms with E-state index in [1.165, 1.54) is 24.3 Å². The normalized spacial score (nSPS) is 17.7. The van der Waals surface area contributed by atoms with Crippen molar-refractivity contribution in [3.63, 3.8) is 0 Å². The molecule has 0 heterocycles. The summed E-state index contributed by atoms with van der Waals surface area (Å²) in [5, 5.41) is 12.1. The molecule has 2 amide bonds. The molecule has 0 aliphatic heterocycles. The fourth-order valence-corrected chi connectivity index (χ4v) is 3.48. The number of urea groups is 1. The van der Waals surface area contributed by atoms with Crippen molar-refractivity contribution in [1.82, 2.24) is 10.0 Å². The molecule has 3 N–H and O–H groups in total. The van der Waals surface area contributed by atoms with E-state index in [0.29, 0.717) is 5.56 Å². The van der Waals surface area contributed by atoms with Crippen LogP contribution in [-0.2, 0) is 10.0 Å². The zero-order chi connectivity index (χ0) is 16.2. The molecule has 1 atom stereocenters. The van der Waals surface area contributed by atoms with E-state index < -0.39 is 22.2 Å². The minimum atomic E-state index is -3.90. The highest BCUT2D eigenvalue weighted by atomic mass is 32.2. The average Bonchev–Trinajstić information content (AvgIpc) is 2.47. The zero-order valence-corrected chi connectivity index (χ0v) is 13.4. The predicted octanol–water partition coefficient (Wildman–Crippen LogP) is 2.06. The van der Waals surface area contributed by atoms with Crippen molar-refractivity contribution in [3.8, 4) is 0 Å². The second kappa shape index (κ2) is 7.11. The Morgan fingerprint density at radius 1 is 1.18 bits per heavy atom. The Labute approximate surface area is 131 Å². The number of aliphatic hydroxyl groups excluding tert-OH is 1. The van der Waals surface area contributed by atoms with Crippen LogP contribution in [-0.4, -0.2) is 25.6 Å². The van der Waals surface area contributed by atoms with Gasteiger partial charge in [0.25, 0.3) is 10.0 Å². The number of carbonyl (C=O) groups excluding carboxylic acids is 1. The third kappa shape index (κ3) is 4.45. The summed E-state index contributed by atoms with van der Waals surface area (Å²) in [6.07, 6.45) is 4.37. The Morgan fingerprint density at radius 3 is 2.32 bits per heavy atom. The Bertz CT molecular complexity index is 605. The summed E-state index contributed by atoms with van der Waals surface area (Å²) in [5.74, 6) is 0. The van der Waals surface area contributed by atoms with Gasteiger partial charge in [-0.3, -0.25) is 0 Å². The molecule has 0 unspecified atom stereocenters. The topological polar surface area (TPSA) is 95.5 Å². The SMILES string of the molecule is C[C@@H](O)c1ccc(S(=O)(=O)NC(=O)NC2CCCCC2)cc1. The summed E-state index contributed by atoms with van der Waals surface area (Å²) >= 11 is 0. The predicted molar refractivity (Wildman–Crippen MR) is 82.8 cm³/mol. The smallest absolute Gasteiger partial charge is 0.328 e. The molecule has 6 nitrogen and oxygen atoms in total. The van der Waals surface area contributed by atoms with E-state index >= 15 is 0 Å². The molecule has 7 heteroatoms. The van der Waals surface area contributed by atoms with Crippen LogP contribution in [0.25, 0.3) is 0 Å². The molecule has 22 heavy (non-hydrogen) atoms. The first kappa shape index (κ1) is 16.8. The van der Waals surface area contributed by atoms with E-state index in [1.807, 2.05) is 4.72 Å². The van der Waals surface area contributed by atoms with Gasteiger partial charge < -0.3 is 10.4 Å². The van der Waals surface area contributed by atoms with Crippen LogP contribution in [0.3, 0.4) is 0 Å². The van der Waals surface area contributed by atoms with Gasteiger partial charge in [-0.05, 0) is 37.5 Å². The zero-order valence-electron chi connectivity index (χ0n) is 12.6. The fraction of sp³-hybridized carbons (Fsp3) is 0.533. The largest absolute Gasteiger partial charge is 0.389 e. The first-order chi connectivity index (χ1) is 10.4. The van der Waals surface area contributed by atoms with E-state index in [0.717, 1.165) is 32.1 Å². The summed E-state index contributed by atoms with van der Waals surface area (Å²) in [4.78, 5) is 11.8. The molecule has 2 rings (SSSR count). The number of amides is 2. The van der Waals surface area contributed by atoms with Crippen LogP contribution in [0, 0.1) is 0 Å². The van der Waals surface area contributed by atoms with E-state index in [4.69, 9.17) is 0 Å². The molecule has 0 spiro atoms. The van der Waals surface area contributed by atoms with Gasteiger partial charge in [0, 0.05) is 6.04 Å². The number of nitrogens with one attached hydrogen (secondary N) is 2. The standard InChI is InChI=1S/C15H22N2O4S/c1-11(18)12-7-9-14(10-8-12)22(20,21)17-15(19)16-13-5-3-2-4-6-13/h7-11,13,18H,2-6H2,1H3,(H2,16,17,19)/t11-/m1/s1. The second-order valence-corrected chi connectivity index (χ2v) is 7.34. The third-order valence-corrected chi connectivity index (χ3v) is 5.19. The third-order valence-electron chi connectivity index (χ3n) is 3.84. The Morgan fingerprint density at radius 2 is 1.77 bits per heavy atom. The lowest BCUT2D eigenvalue weighted by molar-refractivity contribution is 0.199. The number of aliphatic hydroxyl groups is 1. The van der Waals surface area contributed by atoms with Gasteiger partial charge in [-0.2, -0.15) is 0 Å². The van der Waals surface area contributed by atoms with Gasteiger partial charge in [0.05, 0.1) is 11.0 Å². The van der Waals surface area contributed by atoms with Gasteiger partial charge in [-0.25, -0.2) is 17.9 Å². The summed E-state index contributed by atoms with van der Waals surface area (Å²) in [6.45, 7) is 1.60. The minimum absolute atomic E-state index is 0.00399. The number of hydrogen-bond acceptors (Lipinski definition) is 4. The molecule has 1 fully saturated rings. The van der Waals surface area contributed by atoms with Crippen LogP contribution in [0.15, 0.2) is 29.2 Å². The van der Waals surface area contributed by atoms with Crippen molar-refractivity contribution < 1.29 is 18.3 Å². The number of carbonyl (C=O) groups is 1. The van der Waals surface area contributed by atoms with E-state index in [-0.39, 0.29) is 10.9 Å². The van der Waals surface area contributed by atoms with Gasteiger partial charge in [-0.1, -0.05) is 31.4 Å². The Hall–Kier alpha value is -1.60. The van der Waals surface area contributed by atoms with Gasteiger partial charge in [0.2, 0.25) is 0 Å². The molecule has 1 aromatic rings. The molecule has 0 aromatic heterocycles. The summed E-state index contributed by atoms with van der Waals surface area (Å²) in [6, 6.07) is 5.15. The summed E-state index contributed by atoms with van der Waals surface area (Å²) < 4.78 is 26.3. The molecule has 1 aromatic carbocycles. The van der Waals surface area contributed by atoms with Crippen molar-refractivity contribution in [3.05, 3.63) is 29.8 Å². The number of sulfonamides is 1. The van der Waals surface area contributed by atoms with Crippen molar-refractivity contribution in [2.75, 3.05) is 0 Å². The van der Waals surface area contributed by atoms with Crippen LogP contribution in [0.1, 0.15) is 50.7 Å². The van der Waals surface area contributed by atoms with Gasteiger partial charge in [0.15, 0.2) is 0 Å². The first-order valence-corrected chi connectivity index (χ1v) is 8.98. The van der Waals surface area contributed by atoms with Crippen LogP contribution >= 0.6 is 0 Å². The van der Waals surface area contributed by atoms with Crippen molar-refractivity contribution >= 4 is 16.1 Å². The average molecular weight is 326 g/mol. The molecule has 0 bridgehead atoms. The molecule has 0 radical (unpaired) electrons. The molecular weight excluding hydrogens is 304 g/mol. The second-order valence-electron chi connectivity index (χ2n) is 5.66. The quantitative estimate of drug-likeness (QED) is 0.789. The Kier molecular flexibility index (Phi) is 5.42. The lowest BCUT2D eigenvalue weighted by atomic mass is 9.96. The molecule has 122 valence electrons. The number of rotatable bonds is 4.